The summed E-state index contributed by atoms with van der Waals surface area (Å²) in [4.78, 5) is 28.0. The molecule has 37 heavy (non-hydrogen) atoms. The Morgan fingerprint density at radius 2 is 1.92 bits per heavy atom. The van der Waals surface area contributed by atoms with Crippen LogP contribution in [0.1, 0.15) is 29.8 Å². The maximum absolute atomic E-state index is 12.1. The van der Waals surface area contributed by atoms with E-state index in [-0.39, 0.29) is 18.1 Å². The van der Waals surface area contributed by atoms with Gasteiger partial charge >= 0.3 is 6.01 Å². The van der Waals surface area contributed by atoms with Crippen LogP contribution in [0.3, 0.4) is 0 Å². The number of rotatable bonds is 7. The Labute approximate surface area is 218 Å². The summed E-state index contributed by atoms with van der Waals surface area (Å²) < 4.78 is 12.5. The van der Waals surface area contributed by atoms with Gasteiger partial charge in [-0.05, 0) is 43.4 Å². The van der Waals surface area contributed by atoms with Gasteiger partial charge in [-0.3, -0.25) is 4.79 Å². The molecule has 2 atom stereocenters. The van der Waals surface area contributed by atoms with E-state index in [2.05, 4.69) is 65.8 Å². The van der Waals surface area contributed by atoms with Crippen LogP contribution in [0.2, 0.25) is 0 Å². The molecule has 3 heterocycles. The number of hydrogen-bond donors (Lipinski definition) is 0. The first kappa shape index (κ1) is 25.2. The third-order valence-electron chi connectivity index (χ3n) is 7.43. The second-order valence-corrected chi connectivity index (χ2v) is 9.97. The van der Waals surface area contributed by atoms with Crippen molar-refractivity contribution in [3.05, 3.63) is 71.9 Å². The van der Waals surface area contributed by atoms with Crippen LogP contribution in [0.5, 0.6) is 6.01 Å². The van der Waals surface area contributed by atoms with Crippen LogP contribution < -0.4 is 9.64 Å². The van der Waals surface area contributed by atoms with Gasteiger partial charge in [0.2, 0.25) is 5.91 Å². The molecule has 2 unspecified atom stereocenters. The molecule has 0 aliphatic carbocycles. The van der Waals surface area contributed by atoms with Crippen molar-refractivity contribution in [2.24, 2.45) is 0 Å². The highest BCUT2D eigenvalue weighted by atomic mass is 16.5. The van der Waals surface area contributed by atoms with E-state index < -0.39 is 0 Å². The van der Waals surface area contributed by atoms with Gasteiger partial charge < -0.3 is 24.2 Å². The van der Waals surface area contributed by atoms with Gasteiger partial charge in [0.15, 0.2) is 0 Å². The van der Waals surface area contributed by atoms with Crippen LogP contribution in [0.4, 0.5) is 5.82 Å². The highest BCUT2D eigenvalue weighted by Gasteiger charge is 2.30. The normalized spacial score (nSPS) is 18.5. The number of hydrogen-bond acceptors (Lipinski definition) is 7. The Balaban J connectivity index is 1.45. The van der Waals surface area contributed by atoms with Crippen molar-refractivity contribution in [1.29, 1.82) is 0 Å². The number of carbonyl (C=O) groups is 1. The molecule has 0 radical (unpaired) electrons. The molecule has 3 aromatic rings. The molecule has 8 heteroatoms. The van der Waals surface area contributed by atoms with Gasteiger partial charge in [-0.25, -0.2) is 0 Å². The summed E-state index contributed by atoms with van der Waals surface area (Å²) >= 11 is 0. The Bertz CT molecular complexity index is 1280. The zero-order valence-corrected chi connectivity index (χ0v) is 21.9. The molecular formula is C29H35N5O3. The largest absolute Gasteiger partial charge is 0.462 e. The second kappa shape index (κ2) is 10.9. The van der Waals surface area contributed by atoms with Crippen LogP contribution >= 0.6 is 0 Å². The van der Waals surface area contributed by atoms with Crippen molar-refractivity contribution in [2.75, 3.05) is 51.8 Å². The number of ether oxygens (including phenoxy) is 2. The van der Waals surface area contributed by atoms with Gasteiger partial charge in [0.05, 0.1) is 18.4 Å². The third kappa shape index (κ3) is 5.31. The van der Waals surface area contributed by atoms with Crippen molar-refractivity contribution in [3.63, 3.8) is 0 Å². The smallest absolute Gasteiger partial charge is 0.318 e. The van der Waals surface area contributed by atoms with Gasteiger partial charge in [0.25, 0.3) is 0 Å². The summed E-state index contributed by atoms with van der Waals surface area (Å²) in [5.41, 5.74) is 3.14. The number of amides is 1. The molecular weight excluding hydrogens is 466 g/mol. The van der Waals surface area contributed by atoms with Crippen molar-refractivity contribution in [1.82, 2.24) is 19.8 Å². The predicted octanol–water partition coefficient (Wildman–Crippen LogP) is 3.61. The summed E-state index contributed by atoms with van der Waals surface area (Å²) in [5, 5.41) is 2.40. The van der Waals surface area contributed by atoms with E-state index in [1.165, 1.54) is 22.4 Å². The minimum atomic E-state index is -0.100. The van der Waals surface area contributed by atoms with E-state index in [1.54, 1.807) is 0 Å². The van der Waals surface area contributed by atoms with Crippen molar-refractivity contribution >= 4 is 22.5 Å². The highest BCUT2D eigenvalue weighted by molar-refractivity contribution is 5.87. The molecule has 2 aromatic carbocycles. The highest BCUT2D eigenvalue weighted by Crippen LogP contribution is 2.37. The van der Waals surface area contributed by atoms with E-state index in [0.29, 0.717) is 51.8 Å². The Hall–Kier alpha value is -3.49. The van der Waals surface area contributed by atoms with Gasteiger partial charge in [-0.2, -0.15) is 9.97 Å². The Morgan fingerprint density at radius 3 is 2.68 bits per heavy atom. The zero-order valence-electron chi connectivity index (χ0n) is 21.9. The lowest BCUT2D eigenvalue weighted by molar-refractivity contribution is -0.126. The van der Waals surface area contributed by atoms with E-state index in [0.717, 1.165) is 17.1 Å². The number of fused-ring (bicyclic) bond motifs is 2. The molecule has 0 bridgehead atoms. The van der Waals surface area contributed by atoms with Crippen LogP contribution in [0, 0.1) is 0 Å². The molecule has 194 valence electrons. The van der Waals surface area contributed by atoms with E-state index in [9.17, 15) is 4.79 Å². The van der Waals surface area contributed by atoms with E-state index >= 15 is 0 Å². The van der Waals surface area contributed by atoms with Crippen molar-refractivity contribution < 1.29 is 14.3 Å². The van der Waals surface area contributed by atoms with Gasteiger partial charge in [-0.15, -0.1) is 0 Å². The van der Waals surface area contributed by atoms with Gasteiger partial charge in [0.1, 0.15) is 12.4 Å². The zero-order chi connectivity index (χ0) is 25.9. The average Bonchev–Trinajstić information content (AvgIpc) is 2.94. The molecule has 8 nitrogen and oxygen atoms in total. The van der Waals surface area contributed by atoms with E-state index in [4.69, 9.17) is 19.4 Å². The number of anilines is 1. The molecule has 1 fully saturated rings. The first-order chi connectivity index (χ1) is 17.9. The minimum Gasteiger partial charge on any atom is -0.462 e. The number of benzene rings is 2. The van der Waals surface area contributed by atoms with Crippen molar-refractivity contribution in [2.45, 2.75) is 32.1 Å². The number of piperazine rings is 1. The second-order valence-electron chi connectivity index (χ2n) is 9.97. The predicted molar refractivity (Wildman–Crippen MR) is 145 cm³/mol. The van der Waals surface area contributed by atoms with Gasteiger partial charge in [-0.1, -0.05) is 49.0 Å². The lowest BCUT2D eigenvalue weighted by Crippen LogP contribution is -2.49. The molecule has 0 saturated carbocycles. The molecule has 2 aliphatic rings. The summed E-state index contributed by atoms with van der Waals surface area (Å²) in [7, 11) is 4.06. The quantitative estimate of drug-likeness (QED) is 0.458. The summed E-state index contributed by atoms with van der Waals surface area (Å²) in [6, 6.07) is 15.4. The molecule has 0 N–H and O–H groups in total. The summed E-state index contributed by atoms with van der Waals surface area (Å²) in [6.45, 7) is 9.27. The first-order valence-electron chi connectivity index (χ1n) is 12.9. The lowest BCUT2D eigenvalue weighted by atomic mass is 9.94. The maximum atomic E-state index is 12.1. The third-order valence-corrected chi connectivity index (χ3v) is 7.43. The van der Waals surface area contributed by atoms with Crippen LogP contribution in [0.15, 0.2) is 55.1 Å². The molecule has 0 spiro atoms. The summed E-state index contributed by atoms with van der Waals surface area (Å²) in [6.07, 6.45) is 1.92. The fourth-order valence-electron chi connectivity index (χ4n) is 4.90. The maximum Gasteiger partial charge on any atom is 0.318 e. The molecule has 1 aromatic heterocycles. The number of nitrogens with zero attached hydrogens (tertiary/aromatic N) is 5. The average molecular weight is 502 g/mol. The molecule has 1 saturated heterocycles. The molecule has 1 amide bonds. The molecule has 5 rings (SSSR count). The fraction of sp³-hybridized carbons (Fsp3) is 0.414. The number of likely N-dealkylation sites (N-methyl/N-ethyl adjacent to an activating group) is 1. The van der Waals surface area contributed by atoms with E-state index in [1.807, 2.05) is 19.0 Å². The SMILES string of the molecule is C=CC(=O)N1CCN(c2nc(OCC(C)N(C)C)nc3c2COC(c2cccc4ccccc24)C3)CC1. The minimum absolute atomic E-state index is 0.0349. The first-order valence-corrected chi connectivity index (χ1v) is 12.9. The van der Waals surface area contributed by atoms with Gasteiger partial charge in [0, 0.05) is 44.2 Å². The fourth-order valence-corrected chi connectivity index (χ4v) is 4.90. The standard InChI is InChI=1S/C29H35N5O3/c1-5-27(35)33-13-15-34(16-14-33)28-24-19-36-26(23-12-8-10-21-9-6-7-11-22(21)23)17-25(24)30-29(31-28)37-18-20(2)32(3)4/h5-12,20,26H,1,13-19H2,2-4H3. The Morgan fingerprint density at radius 1 is 1.16 bits per heavy atom. The number of carbonyl (C=O) groups excluding carboxylic acids is 1. The molecule has 2 aliphatic heterocycles. The monoisotopic (exact) mass is 501 g/mol. The lowest BCUT2D eigenvalue weighted by Gasteiger charge is -2.37. The van der Waals surface area contributed by atoms with Crippen LogP contribution in [-0.2, 0) is 22.6 Å². The topological polar surface area (TPSA) is 71.0 Å². The summed E-state index contributed by atoms with van der Waals surface area (Å²) in [5.74, 6) is 0.812. The number of aromatic nitrogens is 2. The van der Waals surface area contributed by atoms with Crippen LogP contribution in [0.25, 0.3) is 10.8 Å². The van der Waals surface area contributed by atoms with Crippen LogP contribution in [-0.4, -0.2) is 78.6 Å². The Kier molecular flexibility index (Phi) is 7.39. The van der Waals surface area contributed by atoms with Crippen molar-refractivity contribution in [3.8, 4) is 6.01 Å².